The van der Waals surface area contributed by atoms with Crippen LogP contribution in [0.1, 0.15) is 25.0 Å². The number of rotatable bonds is 4. The number of carbonyl (C=O) groups excluding carboxylic acids is 2. The summed E-state index contributed by atoms with van der Waals surface area (Å²) in [6.07, 6.45) is 2.63. The van der Waals surface area contributed by atoms with Gasteiger partial charge in [-0.3, -0.25) is 9.59 Å². The Morgan fingerprint density at radius 1 is 0.741 bits per heavy atom. The van der Waals surface area contributed by atoms with Gasteiger partial charge in [0.05, 0.1) is 34.8 Å². The molecule has 2 aromatic carbocycles. The number of aliphatic hydroxyl groups is 2. The van der Waals surface area contributed by atoms with Gasteiger partial charge < -0.3 is 10.2 Å². The second kappa shape index (κ2) is 14.7. The molecule has 0 fully saturated rings. The van der Waals surface area contributed by atoms with Crippen LogP contribution in [0.5, 0.6) is 0 Å². The molecule has 0 amide bonds. The van der Waals surface area contributed by atoms with E-state index < -0.39 is 27.8 Å². The summed E-state index contributed by atoms with van der Waals surface area (Å²) in [5.74, 6) is 0.346. The minimum atomic E-state index is -2.51. The second-order valence-corrected chi connectivity index (χ2v) is 5.85. The van der Waals surface area contributed by atoms with Crippen LogP contribution in [0.25, 0.3) is 0 Å². The van der Waals surface area contributed by atoms with Crippen LogP contribution in [0.15, 0.2) is 84.3 Å². The van der Waals surface area contributed by atoms with E-state index in [4.69, 9.17) is 14.7 Å². The van der Waals surface area contributed by atoms with Crippen LogP contribution in [0.3, 0.4) is 0 Å². The van der Waals surface area contributed by atoms with Gasteiger partial charge in [-0.05, 0) is 38.1 Å². The average Bonchev–Trinajstić information content (AvgIpc) is 2.63. The third kappa shape index (κ3) is 12.5. The van der Waals surface area contributed by atoms with Gasteiger partial charge in [0.1, 0.15) is 0 Å². The monoisotopic (exact) mass is 596 g/mol. The molecule has 138 valence electrons. The summed E-state index contributed by atoms with van der Waals surface area (Å²) in [7, 11) is 0. The van der Waals surface area contributed by atoms with Crippen molar-refractivity contribution in [2.45, 2.75) is 13.8 Å². The molecule has 0 spiro atoms. The van der Waals surface area contributed by atoms with Crippen molar-refractivity contribution in [3.63, 3.8) is 0 Å². The molecule has 0 bridgehead atoms. The van der Waals surface area contributed by atoms with Gasteiger partial charge >= 0.3 is 43.9 Å². The van der Waals surface area contributed by atoms with Gasteiger partial charge in [-0.25, -0.2) is 0 Å². The third-order valence-corrected chi connectivity index (χ3v) is 2.83. The predicted molar refractivity (Wildman–Crippen MR) is 99.1 cm³/mol. The number of allylic oxidation sites excluding steroid dienone is 4. The van der Waals surface area contributed by atoms with Gasteiger partial charge in [-0.2, -0.15) is 0 Å². The molecule has 27 heavy (non-hydrogen) atoms. The van der Waals surface area contributed by atoms with E-state index in [9.17, 15) is 9.59 Å². The number of benzene rings is 2. The molecular formula is C20H22O6U+4. The van der Waals surface area contributed by atoms with E-state index in [-0.39, 0.29) is 23.1 Å². The molecule has 6 nitrogen and oxygen atoms in total. The number of hydrogen-bond donors (Lipinski definition) is 2. The maximum absolute atomic E-state index is 9.37. The van der Waals surface area contributed by atoms with E-state index >= 15 is 0 Å². The van der Waals surface area contributed by atoms with Gasteiger partial charge in [0, 0.05) is 0 Å². The molecule has 4 N–H and O–H groups in total. The molecule has 0 saturated heterocycles. The minimum absolute atomic E-state index is 0.0793. The first-order valence-electron chi connectivity index (χ1n) is 7.78. The fourth-order valence-corrected chi connectivity index (χ4v) is 1.78. The topological polar surface area (TPSA) is 117 Å². The van der Waals surface area contributed by atoms with Gasteiger partial charge in [-0.1, -0.05) is 36.4 Å². The van der Waals surface area contributed by atoms with Crippen LogP contribution in [-0.2, 0) is 4.47 Å². The SMILES string of the molecule is C/C(O)=C/C(=[OH+])c1ccccc1.C/C(O)=C/C(=[OH+])c1ccccc1.[O]=[U+2]=[O]. The Bertz CT molecular complexity index is 747. The number of ketones is 2. The van der Waals surface area contributed by atoms with Crippen molar-refractivity contribution in [3.8, 4) is 0 Å². The van der Waals surface area contributed by atoms with Gasteiger partial charge in [0.15, 0.2) is 0 Å². The predicted octanol–water partition coefficient (Wildman–Crippen LogP) is 3.85. The zero-order valence-corrected chi connectivity index (χ0v) is 19.2. The van der Waals surface area contributed by atoms with Crippen molar-refractivity contribution >= 4 is 11.6 Å². The van der Waals surface area contributed by atoms with Crippen molar-refractivity contribution in [1.82, 2.24) is 0 Å². The van der Waals surface area contributed by atoms with E-state index in [2.05, 4.69) is 0 Å². The van der Waals surface area contributed by atoms with E-state index in [1.165, 1.54) is 26.0 Å². The Balaban J connectivity index is 0.000000438. The normalized spacial score (nSPS) is 10.3. The molecule has 0 aliphatic rings. The Labute approximate surface area is 172 Å². The van der Waals surface area contributed by atoms with Crippen molar-refractivity contribution < 1.29 is 52.1 Å². The van der Waals surface area contributed by atoms with E-state index in [1.54, 1.807) is 24.3 Å². The Morgan fingerprint density at radius 2 is 1.00 bits per heavy atom. The standard InChI is InChI=1S/2C10H10O2.2O.U/c2*1-8(11)7-10(12)9-5-3-2-4-6-9;;;/h2*2-7,11H,1H3;;;/q;;;;+2/p+2/b2*8-7-;;;. The molecule has 2 aromatic rings. The van der Waals surface area contributed by atoms with Crippen LogP contribution >= 0.6 is 0 Å². The molecule has 0 aromatic heterocycles. The molecular weight excluding hydrogens is 574 g/mol. The Kier molecular flexibility index (Phi) is 13.3. The first kappa shape index (κ1) is 24.5. The van der Waals surface area contributed by atoms with Crippen LogP contribution in [0.4, 0.5) is 0 Å². The van der Waals surface area contributed by atoms with Crippen LogP contribution in [0.2, 0.25) is 0 Å². The molecule has 0 radical (unpaired) electrons. The van der Waals surface area contributed by atoms with E-state index in [0.717, 1.165) is 0 Å². The van der Waals surface area contributed by atoms with Crippen molar-refractivity contribution in [2.24, 2.45) is 0 Å². The molecule has 0 atom stereocenters. The fraction of sp³-hybridized carbons (Fsp3) is 0.100. The second-order valence-electron chi connectivity index (χ2n) is 5.16. The molecule has 0 unspecified atom stereocenters. The van der Waals surface area contributed by atoms with Crippen LogP contribution < -0.4 is 0 Å². The van der Waals surface area contributed by atoms with Crippen molar-refractivity contribution in [1.29, 1.82) is 0 Å². The molecule has 0 aliphatic heterocycles. The van der Waals surface area contributed by atoms with Gasteiger partial charge in [-0.15, -0.1) is 0 Å². The van der Waals surface area contributed by atoms with E-state index in [0.29, 0.717) is 11.1 Å². The zero-order valence-electron chi connectivity index (χ0n) is 15.0. The molecule has 0 heterocycles. The van der Waals surface area contributed by atoms with Gasteiger partial charge in [0.2, 0.25) is 0 Å². The Hall–Kier alpha value is -2.49. The van der Waals surface area contributed by atoms with Gasteiger partial charge in [0.25, 0.3) is 0 Å². The summed E-state index contributed by atoms with van der Waals surface area (Å²) in [5.41, 5.74) is 1.40. The third-order valence-electron chi connectivity index (χ3n) is 2.83. The summed E-state index contributed by atoms with van der Waals surface area (Å²) >= 11 is -2.51. The maximum atomic E-state index is 9.37. The summed E-state index contributed by atoms with van der Waals surface area (Å²) in [6.45, 7) is 3.03. The number of hydrogen-bond acceptors (Lipinski definition) is 4. The van der Waals surface area contributed by atoms with E-state index in [1.807, 2.05) is 36.4 Å². The summed E-state index contributed by atoms with van der Waals surface area (Å²) in [6, 6.07) is 18.1. The van der Waals surface area contributed by atoms with Crippen LogP contribution in [-0.4, -0.2) is 31.4 Å². The zero-order chi connectivity index (χ0) is 20.7. The first-order chi connectivity index (χ1) is 12.8. The summed E-state index contributed by atoms with van der Waals surface area (Å²) in [5, 5.41) is 17.7. The number of aliphatic hydroxyl groups excluding tert-OH is 2. The van der Waals surface area contributed by atoms with Crippen molar-refractivity contribution in [3.05, 3.63) is 95.5 Å². The summed E-state index contributed by atoms with van der Waals surface area (Å²) in [4.78, 5) is 18.7. The van der Waals surface area contributed by atoms with Crippen LogP contribution in [0, 0.1) is 27.8 Å². The fourth-order valence-electron chi connectivity index (χ4n) is 1.78. The van der Waals surface area contributed by atoms with Crippen molar-refractivity contribution in [2.75, 3.05) is 0 Å². The molecule has 2 rings (SSSR count). The molecule has 0 saturated carbocycles. The molecule has 7 heteroatoms. The quantitative estimate of drug-likeness (QED) is 0.242. The average molecular weight is 596 g/mol. The first-order valence-corrected chi connectivity index (χ1v) is 11.2. The Morgan fingerprint density at radius 3 is 1.22 bits per heavy atom. The summed E-state index contributed by atoms with van der Waals surface area (Å²) < 4.78 is 17.2. The molecule has 0 aliphatic carbocycles.